The van der Waals surface area contributed by atoms with Gasteiger partial charge in [-0.25, -0.2) is 9.98 Å². The second kappa shape index (κ2) is 10.8. The normalized spacial score (nSPS) is 19.6. The highest BCUT2D eigenvalue weighted by atomic mass is 32.1. The first kappa shape index (κ1) is 24.9. The molecule has 2 aromatic heterocycles. The molecule has 1 atom stereocenters. The molecule has 11 heteroatoms. The van der Waals surface area contributed by atoms with Crippen LogP contribution >= 0.6 is 11.3 Å². The molecule has 4 heterocycles. The Morgan fingerprint density at radius 2 is 1.75 bits per heavy atom. The van der Waals surface area contributed by atoms with Gasteiger partial charge in [0.15, 0.2) is 5.69 Å². The van der Waals surface area contributed by atoms with Gasteiger partial charge in [-0.3, -0.25) is 4.79 Å². The van der Waals surface area contributed by atoms with Gasteiger partial charge >= 0.3 is 6.01 Å². The van der Waals surface area contributed by atoms with Crippen molar-refractivity contribution < 1.29 is 13.9 Å². The average molecular weight is 556 g/mol. The Bertz CT molecular complexity index is 1540. The van der Waals surface area contributed by atoms with Crippen molar-refractivity contribution in [3.8, 4) is 11.6 Å². The molecule has 3 aliphatic rings. The highest BCUT2D eigenvalue weighted by Gasteiger charge is 2.30. The summed E-state index contributed by atoms with van der Waals surface area (Å²) in [5.41, 5.74) is 3.83. The number of para-hydroxylation sites is 1. The number of rotatable bonds is 6. The number of anilines is 3. The van der Waals surface area contributed by atoms with Gasteiger partial charge in [0, 0.05) is 30.1 Å². The molecule has 2 aliphatic heterocycles. The largest absolute Gasteiger partial charge is 0.402 e. The van der Waals surface area contributed by atoms with E-state index >= 15 is 0 Å². The fourth-order valence-corrected chi connectivity index (χ4v) is 6.75. The Morgan fingerprint density at radius 3 is 2.58 bits per heavy atom. The summed E-state index contributed by atoms with van der Waals surface area (Å²) in [5, 5.41) is 16.8. The van der Waals surface area contributed by atoms with Gasteiger partial charge in [-0.05, 0) is 18.9 Å². The third-order valence-electron chi connectivity index (χ3n) is 7.51. The number of fused-ring (bicyclic) bond motifs is 1. The van der Waals surface area contributed by atoms with E-state index in [9.17, 15) is 4.79 Å². The monoisotopic (exact) mass is 555 g/mol. The van der Waals surface area contributed by atoms with Crippen molar-refractivity contribution in [2.75, 3.05) is 41.8 Å². The third-order valence-corrected chi connectivity index (χ3v) is 8.79. The summed E-state index contributed by atoms with van der Waals surface area (Å²) in [6, 6.07) is 17.6. The fourth-order valence-electron chi connectivity index (χ4n) is 5.47. The number of amides is 1. The molecule has 1 saturated heterocycles. The maximum atomic E-state index is 13.2. The van der Waals surface area contributed by atoms with Gasteiger partial charge in [0.25, 0.3) is 11.8 Å². The van der Waals surface area contributed by atoms with E-state index in [0.29, 0.717) is 42.1 Å². The van der Waals surface area contributed by atoms with Gasteiger partial charge in [0.05, 0.1) is 29.6 Å². The number of carbonyl (C=O) groups excluding carboxylic acids is 1. The van der Waals surface area contributed by atoms with E-state index in [4.69, 9.17) is 19.1 Å². The van der Waals surface area contributed by atoms with Gasteiger partial charge in [0.2, 0.25) is 6.17 Å². The number of hydrogen-bond acceptors (Lipinski definition) is 10. The van der Waals surface area contributed by atoms with Crippen LogP contribution in [-0.2, 0) is 9.53 Å². The predicted octanol–water partition coefficient (Wildman–Crippen LogP) is 4.92. The first-order chi connectivity index (χ1) is 19.7. The van der Waals surface area contributed by atoms with Crippen LogP contribution < -0.4 is 15.5 Å². The van der Waals surface area contributed by atoms with Crippen LogP contribution in [0.4, 0.5) is 16.7 Å². The van der Waals surface area contributed by atoms with Gasteiger partial charge in [0.1, 0.15) is 5.00 Å². The number of hydrogen-bond donors (Lipinski definition) is 2. The lowest BCUT2D eigenvalue weighted by atomic mass is 10.0. The molecule has 0 unspecified atom stereocenters. The maximum absolute atomic E-state index is 13.2. The molecule has 0 spiro atoms. The molecule has 0 radical (unpaired) electrons. The minimum Gasteiger partial charge on any atom is -0.402 e. The minimum absolute atomic E-state index is 0.112. The Balaban J connectivity index is 1.21. The molecule has 1 amide bonds. The smallest absolute Gasteiger partial charge is 0.317 e. The van der Waals surface area contributed by atoms with E-state index in [2.05, 4.69) is 25.7 Å². The van der Waals surface area contributed by atoms with E-state index in [1.54, 1.807) is 11.3 Å². The maximum Gasteiger partial charge on any atom is 0.317 e. The molecule has 2 N–H and O–H groups in total. The van der Waals surface area contributed by atoms with Crippen molar-refractivity contribution in [3.05, 3.63) is 70.7 Å². The number of thiazole rings is 1. The Hall–Kier alpha value is -4.09. The van der Waals surface area contributed by atoms with Crippen LogP contribution in [-0.4, -0.2) is 59.3 Å². The van der Waals surface area contributed by atoms with Crippen LogP contribution in [0.15, 0.2) is 64.0 Å². The van der Waals surface area contributed by atoms with Crippen molar-refractivity contribution in [3.63, 3.8) is 0 Å². The van der Waals surface area contributed by atoms with Crippen molar-refractivity contribution in [2.24, 2.45) is 4.99 Å². The zero-order valence-electron chi connectivity index (χ0n) is 21.9. The van der Waals surface area contributed by atoms with Crippen LogP contribution in [0, 0.1) is 0 Å². The molecule has 204 valence electrons. The molecule has 2 fully saturated rings. The van der Waals surface area contributed by atoms with E-state index < -0.39 is 6.17 Å². The van der Waals surface area contributed by atoms with Crippen LogP contribution in [0.1, 0.15) is 47.7 Å². The summed E-state index contributed by atoms with van der Waals surface area (Å²) in [6.07, 6.45) is 3.82. The quantitative estimate of drug-likeness (QED) is 0.345. The predicted molar refractivity (Wildman–Crippen MR) is 154 cm³/mol. The summed E-state index contributed by atoms with van der Waals surface area (Å²) >= 11 is 1.72. The standard InChI is InChI=1S/C29H29N7O3S/c37-25-24(31-22(18-8-2-1-3-9-18)20-12-6-7-13-21(20)30-25)33-29-35-34-26(39-29)23-28(36-14-16-38-17-15-36)40-27(32-23)19-10-4-5-11-19/h1-3,6-9,12-13,19,24H,4-5,10-11,14-17H2,(H,30,37)(H,33,35)/t24-/m1/s1. The summed E-state index contributed by atoms with van der Waals surface area (Å²) in [5.74, 6) is 0.486. The first-order valence-corrected chi connectivity index (χ1v) is 14.5. The summed E-state index contributed by atoms with van der Waals surface area (Å²) in [4.78, 5) is 25.4. The van der Waals surface area contributed by atoms with Crippen molar-refractivity contribution >= 4 is 39.7 Å². The molecule has 40 heavy (non-hydrogen) atoms. The van der Waals surface area contributed by atoms with E-state index in [1.807, 2.05) is 54.6 Å². The summed E-state index contributed by atoms with van der Waals surface area (Å²) < 4.78 is 11.7. The summed E-state index contributed by atoms with van der Waals surface area (Å²) in [6.45, 7) is 2.93. The number of ether oxygens (including phenoxy) is 1. The van der Waals surface area contributed by atoms with Gasteiger partial charge in [-0.1, -0.05) is 66.5 Å². The Kier molecular flexibility index (Phi) is 6.74. The zero-order valence-corrected chi connectivity index (χ0v) is 22.7. The topological polar surface area (TPSA) is 118 Å². The lowest BCUT2D eigenvalue weighted by molar-refractivity contribution is -0.116. The molecule has 10 nitrogen and oxygen atoms in total. The molecular formula is C29H29N7O3S. The van der Waals surface area contributed by atoms with E-state index in [0.717, 1.165) is 47.1 Å². The molecule has 4 aromatic rings. The van der Waals surface area contributed by atoms with Gasteiger partial charge in [-0.2, -0.15) is 0 Å². The molecule has 1 aliphatic carbocycles. The van der Waals surface area contributed by atoms with Crippen LogP contribution in [0.2, 0.25) is 0 Å². The number of morpholine rings is 1. The number of nitrogens with zero attached hydrogens (tertiary/aromatic N) is 5. The fraction of sp³-hybridized carbons (Fsp3) is 0.345. The van der Waals surface area contributed by atoms with Crippen molar-refractivity contribution in [1.29, 1.82) is 0 Å². The molecule has 7 rings (SSSR count). The van der Waals surface area contributed by atoms with E-state index in [1.165, 1.54) is 12.8 Å². The zero-order chi connectivity index (χ0) is 26.9. The highest BCUT2D eigenvalue weighted by molar-refractivity contribution is 7.16. The molecule has 1 saturated carbocycles. The average Bonchev–Trinajstić information content (AvgIpc) is 3.76. The minimum atomic E-state index is -0.973. The number of aromatic nitrogens is 3. The Morgan fingerprint density at radius 1 is 0.975 bits per heavy atom. The molecular weight excluding hydrogens is 526 g/mol. The molecule has 0 bridgehead atoms. The third kappa shape index (κ3) is 4.86. The number of aliphatic imine (C=N–C) groups is 1. The van der Waals surface area contributed by atoms with Crippen LogP contribution in [0.25, 0.3) is 11.6 Å². The van der Waals surface area contributed by atoms with Gasteiger partial charge < -0.3 is 24.7 Å². The lowest BCUT2D eigenvalue weighted by Gasteiger charge is -2.27. The van der Waals surface area contributed by atoms with E-state index in [-0.39, 0.29) is 11.9 Å². The second-order valence-electron chi connectivity index (χ2n) is 10.1. The first-order valence-electron chi connectivity index (χ1n) is 13.7. The van der Waals surface area contributed by atoms with Crippen molar-refractivity contribution in [2.45, 2.75) is 37.8 Å². The Labute approximate surface area is 235 Å². The SMILES string of the molecule is O=C1Nc2ccccc2C(c2ccccc2)=N[C@@H]1Nc1nnc(-c2nc(C3CCCC3)sc2N2CCOCC2)o1. The van der Waals surface area contributed by atoms with Gasteiger partial charge in [-0.15, -0.1) is 16.4 Å². The highest BCUT2D eigenvalue weighted by Crippen LogP contribution is 2.43. The molecule has 2 aromatic carbocycles. The lowest BCUT2D eigenvalue weighted by Crippen LogP contribution is -2.36. The number of nitrogens with one attached hydrogen (secondary N) is 2. The number of carbonyl (C=O) groups is 1. The van der Waals surface area contributed by atoms with Crippen LogP contribution in [0.3, 0.4) is 0 Å². The number of benzene rings is 2. The number of benzodiazepines with no additional fused rings is 1. The summed E-state index contributed by atoms with van der Waals surface area (Å²) in [7, 11) is 0. The van der Waals surface area contributed by atoms with Crippen LogP contribution in [0.5, 0.6) is 0 Å². The second-order valence-corrected chi connectivity index (χ2v) is 11.1. The van der Waals surface area contributed by atoms with Crippen molar-refractivity contribution in [1.82, 2.24) is 15.2 Å².